The third kappa shape index (κ3) is 6.00. The van der Waals surface area contributed by atoms with Gasteiger partial charge >= 0.3 is 0 Å². The minimum absolute atomic E-state index is 0.158. The van der Waals surface area contributed by atoms with E-state index >= 15 is 0 Å². The van der Waals surface area contributed by atoms with Crippen LogP contribution in [-0.2, 0) is 9.59 Å². The molecule has 0 radical (unpaired) electrons. The summed E-state index contributed by atoms with van der Waals surface area (Å²) in [6.45, 7) is -0.158. The van der Waals surface area contributed by atoms with Crippen LogP contribution in [0.3, 0.4) is 0 Å². The third-order valence-corrected chi connectivity index (χ3v) is 6.33. The van der Waals surface area contributed by atoms with Crippen LogP contribution in [0.2, 0.25) is 0 Å². The van der Waals surface area contributed by atoms with E-state index in [4.69, 9.17) is 26.4 Å². The predicted octanol–water partition coefficient (Wildman–Crippen LogP) is 5.13. The Hall–Kier alpha value is -3.82. The number of nitrogens with zero attached hydrogens (tertiary/aromatic N) is 1. The second-order valence-corrected chi connectivity index (χ2v) is 9.03. The van der Waals surface area contributed by atoms with Crippen LogP contribution >= 0.6 is 24.0 Å². The van der Waals surface area contributed by atoms with Gasteiger partial charge < -0.3 is 19.5 Å². The number of nitrogens with one attached hydrogen (secondary N) is 1. The molecule has 0 saturated carbocycles. The Kier molecular flexibility index (Phi) is 7.69. The molecule has 0 aromatic heterocycles. The molecule has 1 aliphatic heterocycles. The van der Waals surface area contributed by atoms with Crippen LogP contribution in [0.1, 0.15) is 5.56 Å². The zero-order valence-electron chi connectivity index (χ0n) is 19.0. The first-order valence-corrected chi connectivity index (χ1v) is 11.8. The molecule has 0 unspecified atom stereocenters. The smallest absolute Gasteiger partial charge is 0.270 e. The van der Waals surface area contributed by atoms with E-state index in [1.807, 2.05) is 6.07 Å². The van der Waals surface area contributed by atoms with Gasteiger partial charge in [0.1, 0.15) is 17.2 Å². The number of benzene rings is 3. The number of methoxy groups -OCH3 is 2. The van der Waals surface area contributed by atoms with E-state index in [-0.39, 0.29) is 18.4 Å². The van der Waals surface area contributed by atoms with Gasteiger partial charge in [-0.05, 0) is 72.3 Å². The first kappa shape index (κ1) is 24.3. The fourth-order valence-corrected chi connectivity index (χ4v) is 4.59. The molecule has 1 aliphatic rings. The van der Waals surface area contributed by atoms with Crippen molar-refractivity contribution in [3.05, 3.63) is 83.3 Å². The van der Waals surface area contributed by atoms with Crippen molar-refractivity contribution in [2.45, 2.75) is 0 Å². The van der Waals surface area contributed by atoms with Gasteiger partial charge in [-0.3, -0.25) is 14.5 Å². The molecule has 1 heterocycles. The van der Waals surface area contributed by atoms with Gasteiger partial charge in [-0.2, -0.15) is 0 Å². The van der Waals surface area contributed by atoms with E-state index in [1.54, 1.807) is 87.0 Å². The lowest BCUT2D eigenvalue weighted by Crippen LogP contribution is -2.27. The molecule has 1 fully saturated rings. The van der Waals surface area contributed by atoms with Crippen molar-refractivity contribution in [3.63, 3.8) is 0 Å². The molecule has 3 aromatic rings. The summed E-state index contributed by atoms with van der Waals surface area (Å²) < 4.78 is 16.4. The highest BCUT2D eigenvalue weighted by Gasteiger charge is 2.33. The highest BCUT2D eigenvalue weighted by molar-refractivity contribution is 8.27. The molecule has 7 nitrogen and oxygen atoms in total. The van der Waals surface area contributed by atoms with E-state index in [0.717, 1.165) is 5.56 Å². The van der Waals surface area contributed by atoms with E-state index in [9.17, 15) is 9.59 Å². The molecule has 1 N–H and O–H groups in total. The molecule has 0 atom stereocenters. The van der Waals surface area contributed by atoms with Gasteiger partial charge in [-0.25, -0.2) is 0 Å². The SMILES string of the molecule is COc1ccc(NC(=O)COc2cccc(/C=C3\SC(=S)N(c4ccc(OC)cc4)C3=O)c2)cc1. The third-order valence-electron chi connectivity index (χ3n) is 5.02. The molecular weight excluding hydrogens is 484 g/mol. The largest absolute Gasteiger partial charge is 0.497 e. The quantitative estimate of drug-likeness (QED) is 0.335. The molecule has 178 valence electrons. The first-order chi connectivity index (χ1) is 17.0. The number of hydrogen-bond acceptors (Lipinski definition) is 7. The number of carbonyl (C=O) groups excluding carboxylic acids is 2. The van der Waals surface area contributed by atoms with Crippen molar-refractivity contribution in [2.75, 3.05) is 31.0 Å². The lowest BCUT2D eigenvalue weighted by atomic mass is 10.2. The topological polar surface area (TPSA) is 77.1 Å². The molecular formula is C26H22N2O5S2. The number of rotatable bonds is 8. The molecule has 3 aromatic carbocycles. The maximum absolute atomic E-state index is 13.0. The second kappa shape index (κ2) is 11.1. The maximum atomic E-state index is 13.0. The first-order valence-electron chi connectivity index (χ1n) is 10.6. The maximum Gasteiger partial charge on any atom is 0.270 e. The van der Waals surface area contributed by atoms with Crippen LogP contribution in [-0.4, -0.2) is 37.0 Å². The summed E-state index contributed by atoms with van der Waals surface area (Å²) in [4.78, 5) is 27.2. The Bertz CT molecular complexity index is 1270. The van der Waals surface area contributed by atoms with E-state index in [1.165, 1.54) is 16.7 Å². The van der Waals surface area contributed by atoms with E-state index in [2.05, 4.69) is 5.32 Å². The lowest BCUT2D eigenvalue weighted by Gasteiger charge is -2.14. The summed E-state index contributed by atoms with van der Waals surface area (Å²) in [5, 5.41) is 2.77. The Morgan fingerprint density at radius 3 is 2.29 bits per heavy atom. The summed E-state index contributed by atoms with van der Waals surface area (Å²) in [5.74, 6) is 1.42. The highest BCUT2D eigenvalue weighted by atomic mass is 32.2. The molecule has 35 heavy (non-hydrogen) atoms. The number of amides is 2. The Balaban J connectivity index is 1.39. The van der Waals surface area contributed by atoms with Gasteiger partial charge in [0.25, 0.3) is 11.8 Å². The zero-order chi connectivity index (χ0) is 24.8. The zero-order valence-corrected chi connectivity index (χ0v) is 20.7. The monoisotopic (exact) mass is 506 g/mol. The van der Waals surface area contributed by atoms with Gasteiger partial charge in [-0.1, -0.05) is 36.1 Å². The number of hydrogen-bond donors (Lipinski definition) is 1. The summed E-state index contributed by atoms with van der Waals surface area (Å²) in [5.41, 5.74) is 2.08. The van der Waals surface area contributed by atoms with Crippen molar-refractivity contribution in [1.82, 2.24) is 0 Å². The molecule has 4 rings (SSSR count). The van der Waals surface area contributed by atoms with Crippen molar-refractivity contribution in [2.24, 2.45) is 0 Å². The average Bonchev–Trinajstić information content (AvgIpc) is 3.15. The van der Waals surface area contributed by atoms with Crippen molar-refractivity contribution < 1.29 is 23.8 Å². The highest BCUT2D eigenvalue weighted by Crippen LogP contribution is 2.36. The number of thiocarbonyl (C=S) groups is 1. The average molecular weight is 507 g/mol. The summed E-state index contributed by atoms with van der Waals surface area (Å²) >= 11 is 6.67. The van der Waals surface area contributed by atoms with Crippen LogP contribution < -0.4 is 24.4 Å². The van der Waals surface area contributed by atoms with Crippen LogP contribution in [0, 0.1) is 0 Å². The van der Waals surface area contributed by atoms with Crippen LogP contribution in [0.4, 0.5) is 11.4 Å². The van der Waals surface area contributed by atoms with Crippen molar-refractivity contribution in [1.29, 1.82) is 0 Å². The Morgan fingerprint density at radius 2 is 1.63 bits per heavy atom. The summed E-state index contributed by atoms with van der Waals surface area (Å²) in [6.07, 6.45) is 1.76. The van der Waals surface area contributed by atoms with Crippen molar-refractivity contribution in [3.8, 4) is 17.2 Å². The van der Waals surface area contributed by atoms with Crippen LogP contribution in [0.15, 0.2) is 77.7 Å². The number of anilines is 2. The van der Waals surface area contributed by atoms with Crippen molar-refractivity contribution >= 4 is 57.6 Å². The molecule has 0 aliphatic carbocycles. The standard InChI is InChI=1S/C26H22N2O5S2/c1-31-20-10-6-18(7-11-20)27-24(29)16-33-22-5-3-4-17(14-22)15-23-25(30)28(26(34)35-23)19-8-12-21(32-2)13-9-19/h3-15H,16H2,1-2H3,(H,27,29)/b23-15-. The molecule has 0 spiro atoms. The number of ether oxygens (including phenoxy) is 3. The number of carbonyl (C=O) groups is 2. The molecule has 0 bridgehead atoms. The minimum Gasteiger partial charge on any atom is -0.497 e. The summed E-state index contributed by atoms with van der Waals surface area (Å²) in [7, 11) is 3.17. The fraction of sp³-hybridized carbons (Fsp3) is 0.115. The Labute approximate surface area is 212 Å². The van der Waals surface area contributed by atoms with Gasteiger partial charge in [-0.15, -0.1) is 0 Å². The van der Waals surface area contributed by atoms with Gasteiger partial charge in [0.2, 0.25) is 0 Å². The molecule has 2 amide bonds. The van der Waals surface area contributed by atoms with E-state index in [0.29, 0.717) is 37.8 Å². The second-order valence-electron chi connectivity index (χ2n) is 7.35. The normalized spacial score (nSPS) is 14.2. The Morgan fingerprint density at radius 1 is 0.971 bits per heavy atom. The number of thioether (sulfide) groups is 1. The predicted molar refractivity (Wildman–Crippen MR) is 142 cm³/mol. The minimum atomic E-state index is -0.291. The lowest BCUT2D eigenvalue weighted by molar-refractivity contribution is -0.118. The van der Waals surface area contributed by atoms with Crippen LogP contribution in [0.5, 0.6) is 17.2 Å². The summed E-state index contributed by atoms with van der Waals surface area (Å²) in [6, 6.07) is 21.3. The fourth-order valence-electron chi connectivity index (χ4n) is 3.29. The van der Waals surface area contributed by atoms with Gasteiger partial charge in [0, 0.05) is 5.69 Å². The molecule has 1 saturated heterocycles. The van der Waals surface area contributed by atoms with Gasteiger partial charge in [0.05, 0.1) is 24.8 Å². The molecule has 9 heteroatoms. The van der Waals surface area contributed by atoms with Gasteiger partial charge in [0.15, 0.2) is 10.9 Å². The van der Waals surface area contributed by atoms with E-state index < -0.39 is 0 Å². The van der Waals surface area contributed by atoms with Crippen LogP contribution in [0.25, 0.3) is 6.08 Å².